The van der Waals surface area contributed by atoms with E-state index in [-0.39, 0.29) is 24.0 Å². The van der Waals surface area contributed by atoms with Crippen molar-refractivity contribution in [1.29, 1.82) is 0 Å². The topological polar surface area (TPSA) is 66.6 Å². The van der Waals surface area contributed by atoms with Crippen LogP contribution in [0, 0.1) is 11.8 Å². The molecule has 1 fully saturated rings. The molecule has 0 saturated heterocycles. The first-order chi connectivity index (χ1) is 7.91. The molecule has 0 aromatic heterocycles. The van der Waals surface area contributed by atoms with Gasteiger partial charge in [0.15, 0.2) is 0 Å². The second-order valence-electron chi connectivity index (χ2n) is 5.55. The quantitative estimate of drug-likeness (QED) is 0.772. The van der Waals surface area contributed by atoms with Crippen molar-refractivity contribution in [3.63, 3.8) is 0 Å². The standard InChI is InChI=1S/C13H26N2O2/c1-9-4-5-11(8-12(9)14)13(17)15(3)7-6-10(2)16/h9-12,16H,4-8,14H2,1-3H3. The van der Waals surface area contributed by atoms with Crippen LogP contribution in [-0.4, -0.2) is 41.7 Å². The van der Waals surface area contributed by atoms with E-state index in [1.54, 1.807) is 11.8 Å². The molecule has 0 aromatic rings. The number of aliphatic hydroxyl groups is 1. The van der Waals surface area contributed by atoms with Crippen molar-refractivity contribution in [2.45, 2.75) is 51.7 Å². The van der Waals surface area contributed by atoms with Gasteiger partial charge in [0.2, 0.25) is 5.91 Å². The Kier molecular flexibility index (Phi) is 5.40. The van der Waals surface area contributed by atoms with Crippen molar-refractivity contribution in [1.82, 2.24) is 4.90 Å². The van der Waals surface area contributed by atoms with Gasteiger partial charge in [-0.3, -0.25) is 4.79 Å². The average Bonchev–Trinajstić information content (AvgIpc) is 2.28. The van der Waals surface area contributed by atoms with Crippen LogP contribution in [0.2, 0.25) is 0 Å². The molecule has 4 atom stereocenters. The van der Waals surface area contributed by atoms with E-state index < -0.39 is 0 Å². The monoisotopic (exact) mass is 242 g/mol. The van der Waals surface area contributed by atoms with Gasteiger partial charge in [0.1, 0.15) is 0 Å². The van der Waals surface area contributed by atoms with Crippen LogP contribution in [0.3, 0.4) is 0 Å². The highest BCUT2D eigenvalue weighted by atomic mass is 16.3. The minimum absolute atomic E-state index is 0.0835. The van der Waals surface area contributed by atoms with Crippen molar-refractivity contribution in [2.75, 3.05) is 13.6 Å². The molecule has 0 radical (unpaired) electrons. The number of aliphatic hydroxyl groups excluding tert-OH is 1. The fraction of sp³-hybridized carbons (Fsp3) is 0.923. The predicted molar refractivity (Wildman–Crippen MR) is 68.4 cm³/mol. The highest BCUT2D eigenvalue weighted by molar-refractivity contribution is 5.78. The predicted octanol–water partition coefficient (Wildman–Crippen LogP) is 0.979. The number of nitrogens with two attached hydrogens (primary N) is 1. The van der Waals surface area contributed by atoms with E-state index in [4.69, 9.17) is 5.73 Å². The molecule has 3 N–H and O–H groups in total. The Labute approximate surface area is 104 Å². The fourth-order valence-electron chi connectivity index (χ4n) is 2.38. The van der Waals surface area contributed by atoms with E-state index in [2.05, 4.69) is 6.92 Å². The van der Waals surface area contributed by atoms with Gasteiger partial charge < -0.3 is 15.7 Å². The van der Waals surface area contributed by atoms with E-state index in [1.807, 2.05) is 7.05 Å². The van der Waals surface area contributed by atoms with Crippen molar-refractivity contribution in [3.05, 3.63) is 0 Å². The van der Waals surface area contributed by atoms with Crippen LogP contribution >= 0.6 is 0 Å². The van der Waals surface area contributed by atoms with Gasteiger partial charge in [-0.15, -0.1) is 0 Å². The van der Waals surface area contributed by atoms with Gasteiger partial charge in [0.05, 0.1) is 6.10 Å². The van der Waals surface area contributed by atoms with Gasteiger partial charge in [0, 0.05) is 25.6 Å². The Balaban J connectivity index is 2.41. The zero-order valence-corrected chi connectivity index (χ0v) is 11.2. The number of hydrogen-bond acceptors (Lipinski definition) is 3. The summed E-state index contributed by atoms with van der Waals surface area (Å²) < 4.78 is 0. The number of nitrogens with zero attached hydrogens (tertiary/aromatic N) is 1. The first kappa shape index (κ1) is 14.5. The van der Waals surface area contributed by atoms with Crippen LogP contribution in [0.1, 0.15) is 39.5 Å². The van der Waals surface area contributed by atoms with Crippen molar-refractivity contribution < 1.29 is 9.90 Å². The Morgan fingerprint density at radius 2 is 2.18 bits per heavy atom. The molecule has 1 aliphatic rings. The summed E-state index contributed by atoms with van der Waals surface area (Å²) >= 11 is 0. The van der Waals surface area contributed by atoms with Gasteiger partial charge in [0.25, 0.3) is 0 Å². The fourth-order valence-corrected chi connectivity index (χ4v) is 2.38. The van der Waals surface area contributed by atoms with E-state index in [9.17, 15) is 9.90 Å². The number of carbonyl (C=O) groups excluding carboxylic acids is 1. The van der Waals surface area contributed by atoms with E-state index in [0.29, 0.717) is 18.9 Å². The first-order valence-corrected chi connectivity index (χ1v) is 6.60. The van der Waals surface area contributed by atoms with Gasteiger partial charge in [-0.25, -0.2) is 0 Å². The molecule has 0 aliphatic heterocycles. The lowest BCUT2D eigenvalue weighted by Crippen LogP contribution is -2.42. The largest absolute Gasteiger partial charge is 0.393 e. The van der Waals surface area contributed by atoms with Crippen LogP contribution in [0.4, 0.5) is 0 Å². The van der Waals surface area contributed by atoms with Crippen LogP contribution in [0.5, 0.6) is 0 Å². The SMILES string of the molecule is CC(O)CCN(C)C(=O)C1CCC(C)C(N)C1. The summed E-state index contributed by atoms with van der Waals surface area (Å²) in [6, 6.07) is 0.155. The molecule has 4 heteroatoms. The molecule has 100 valence electrons. The minimum Gasteiger partial charge on any atom is -0.393 e. The molecule has 1 aliphatic carbocycles. The average molecular weight is 242 g/mol. The highest BCUT2D eigenvalue weighted by Crippen LogP contribution is 2.28. The summed E-state index contributed by atoms with van der Waals surface area (Å²) in [4.78, 5) is 13.9. The summed E-state index contributed by atoms with van der Waals surface area (Å²) in [6.07, 6.45) is 3.09. The Morgan fingerprint density at radius 1 is 1.53 bits per heavy atom. The maximum Gasteiger partial charge on any atom is 0.225 e. The molecule has 4 nitrogen and oxygen atoms in total. The number of rotatable bonds is 4. The molecule has 17 heavy (non-hydrogen) atoms. The molecule has 0 heterocycles. The van der Waals surface area contributed by atoms with Crippen molar-refractivity contribution in [3.8, 4) is 0 Å². The third kappa shape index (κ3) is 4.28. The van der Waals surface area contributed by atoms with Crippen molar-refractivity contribution in [2.24, 2.45) is 17.6 Å². The lowest BCUT2D eigenvalue weighted by molar-refractivity contribution is -0.135. The maximum atomic E-state index is 12.2. The number of carbonyl (C=O) groups is 1. The van der Waals surface area contributed by atoms with Gasteiger partial charge >= 0.3 is 0 Å². The summed E-state index contributed by atoms with van der Waals surface area (Å²) in [7, 11) is 1.81. The first-order valence-electron chi connectivity index (χ1n) is 6.60. The normalized spacial score (nSPS) is 31.0. The van der Waals surface area contributed by atoms with Crippen LogP contribution < -0.4 is 5.73 Å². The van der Waals surface area contributed by atoms with Crippen molar-refractivity contribution >= 4 is 5.91 Å². The van der Waals surface area contributed by atoms with Crippen LogP contribution in [0.15, 0.2) is 0 Å². The molecule has 4 unspecified atom stereocenters. The lowest BCUT2D eigenvalue weighted by Gasteiger charge is -2.33. The zero-order chi connectivity index (χ0) is 13.0. The molecule has 0 aromatic carbocycles. The second kappa shape index (κ2) is 6.36. The van der Waals surface area contributed by atoms with Gasteiger partial charge in [-0.05, 0) is 38.5 Å². The summed E-state index contributed by atoms with van der Waals surface area (Å²) in [6.45, 7) is 4.52. The van der Waals surface area contributed by atoms with Gasteiger partial charge in [-0.2, -0.15) is 0 Å². The third-order valence-corrected chi connectivity index (χ3v) is 3.87. The summed E-state index contributed by atoms with van der Waals surface area (Å²) in [5, 5.41) is 9.21. The maximum absolute atomic E-state index is 12.2. The Hall–Kier alpha value is -0.610. The second-order valence-corrected chi connectivity index (χ2v) is 5.55. The zero-order valence-electron chi connectivity index (χ0n) is 11.2. The van der Waals surface area contributed by atoms with E-state index >= 15 is 0 Å². The molecule has 0 spiro atoms. The van der Waals surface area contributed by atoms with Gasteiger partial charge in [-0.1, -0.05) is 6.92 Å². The van der Waals surface area contributed by atoms with Crippen LogP contribution in [-0.2, 0) is 4.79 Å². The molecule has 1 rings (SSSR count). The third-order valence-electron chi connectivity index (χ3n) is 3.87. The van der Waals surface area contributed by atoms with E-state index in [0.717, 1.165) is 19.3 Å². The highest BCUT2D eigenvalue weighted by Gasteiger charge is 2.30. The molecular formula is C13H26N2O2. The minimum atomic E-state index is -0.348. The molecular weight excluding hydrogens is 216 g/mol. The van der Waals surface area contributed by atoms with E-state index in [1.165, 1.54) is 0 Å². The molecule has 1 amide bonds. The summed E-state index contributed by atoms with van der Waals surface area (Å²) in [5.74, 6) is 0.801. The summed E-state index contributed by atoms with van der Waals surface area (Å²) in [5.41, 5.74) is 6.02. The molecule has 1 saturated carbocycles. The number of hydrogen-bond donors (Lipinski definition) is 2. The smallest absolute Gasteiger partial charge is 0.225 e. The lowest BCUT2D eigenvalue weighted by atomic mass is 9.79. The number of amides is 1. The van der Waals surface area contributed by atoms with Crippen LogP contribution in [0.25, 0.3) is 0 Å². The molecule has 0 bridgehead atoms. The Bertz CT molecular complexity index is 256. The Morgan fingerprint density at radius 3 is 2.71 bits per heavy atom.